The SMILES string of the molecule is CCc1ccc(C(=O)NCCN(C(=O)Nc2ccc(Cl)cc2)c2cccc(C(F)(F)F)c2)cc1. The summed E-state index contributed by atoms with van der Waals surface area (Å²) in [6, 6.07) is 17.2. The zero-order valence-corrected chi connectivity index (χ0v) is 19.1. The van der Waals surface area contributed by atoms with Crippen molar-refractivity contribution in [1.29, 1.82) is 0 Å². The molecule has 0 bridgehead atoms. The molecule has 5 nitrogen and oxygen atoms in total. The molecule has 0 saturated heterocycles. The maximum Gasteiger partial charge on any atom is 0.416 e. The van der Waals surface area contributed by atoms with Gasteiger partial charge in [0.05, 0.1) is 5.56 Å². The van der Waals surface area contributed by atoms with Crippen molar-refractivity contribution in [2.75, 3.05) is 23.3 Å². The first-order valence-electron chi connectivity index (χ1n) is 10.6. The first-order chi connectivity index (χ1) is 16.2. The summed E-state index contributed by atoms with van der Waals surface area (Å²) in [5, 5.41) is 5.82. The molecule has 3 aromatic rings. The van der Waals surface area contributed by atoms with Gasteiger partial charge in [0.2, 0.25) is 0 Å². The van der Waals surface area contributed by atoms with Gasteiger partial charge in [0.25, 0.3) is 5.91 Å². The number of carbonyl (C=O) groups is 2. The monoisotopic (exact) mass is 489 g/mol. The second-order valence-electron chi connectivity index (χ2n) is 7.44. The van der Waals surface area contributed by atoms with Crippen LogP contribution in [-0.2, 0) is 12.6 Å². The number of alkyl halides is 3. The van der Waals surface area contributed by atoms with Gasteiger partial charge in [-0.15, -0.1) is 0 Å². The molecule has 3 aromatic carbocycles. The minimum atomic E-state index is -4.56. The van der Waals surface area contributed by atoms with Gasteiger partial charge in [-0.3, -0.25) is 9.69 Å². The molecule has 0 heterocycles. The van der Waals surface area contributed by atoms with Crippen LogP contribution in [0.15, 0.2) is 72.8 Å². The van der Waals surface area contributed by atoms with Crippen molar-refractivity contribution in [2.45, 2.75) is 19.5 Å². The molecule has 0 aliphatic rings. The van der Waals surface area contributed by atoms with Crippen LogP contribution in [-0.4, -0.2) is 25.0 Å². The Labute approximate surface area is 200 Å². The smallest absolute Gasteiger partial charge is 0.350 e. The summed E-state index contributed by atoms with van der Waals surface area (Å²) in [5.41, 5.74) is 1.13. The van der Waals surface area contributed by atoms with Crippen molar-refractivity contribution >= 4 is 34.9 Å². The minimum Gasteiger partial charge on any atom is -0.350 e. The van der Waals surface area contributed by atoms with Gasteiger partial charge in [0, 0.05) is 35.1 Å². The standard InChI is InChI=1S/C25H23ClF3N3O2/c1-2-17-6-8-18(9-7-17)23(33)30-14-15-32(22-5-3-4-19(16-22)25(27,28)29)24(34)31-21-12-10-20(26)11-13-21/h3-13,16H,2,14-15H2,1H3,(H,30,33)(H,31,34). The van der Waals surface area contributed by atoms with Crippen LogP contribution in [0.3, 0.4) is 0 Å². The number of halogens is 4. The number of hydrogen-bond acceptors (Lipinski definition) is 2. The van der Waals surface area contributed by atoms with Crippen molar-refractivity contribution in [3.8, 4) is 0 Å². The van der Waals surface area contributed by atoms with Crippen molar-refractivity contribution in [3.63, 3.8) is 0 Å². The van der Waals surface area contributed by atoms with Crippen molar-refractivity contribution in [1.82, 2.24) is 5.32 Å². The summed E-state index contributed by atoms with van der Waals surface area (Å²) >= 11 is 5.86. The van der Waals surface area contributed by atoms with E-state index >= 15 is 0 Å². The Bertz CT molecular complexity index is 1130. The highest BCUT2D eigenvalue weighted by molar-refractivity contribution is 6.30. The van der Waals surface area contributed by atoms with Gasteiger partial charge in [-0.05, 0) is 66.6 Å². The molecule has 0 aliphatic carbocycles. The molecule has 0 spiro atoms. The van der Waals surface area contributed by atoms with E-state index in [9.17, 15) is 22.8 Å². The Morgan fingerprint density at radius 1 is 0.971 bits per heavy atom. The van der Waals surface area contributed by atoms with Gasteiger partial charge >= 0.3 is 12.2 Å². The number of nitrogens with zero attached hydrogens (tertiary/aromatic N) is 1. The summed E-state index contributed by atoms with van der Waals surface area (Å²) in [4.78, 5) is 26.6. The van der Waals surface area contributed by atoms with E-state index in [1.54, 1.807) is 36.4 Å². The second kappa shape index (κ2) is 11.1. The Morgan fingerprint density at radius 2 is 1.65 bits per heavy atom. The van der Waals surface area contributed by atoms with Gasteiger partial charge in [-0.25, -0.2) is 4.79 Å². The van der Waals surface area contributed by atoms with Crippen LogP contribution in [0.4, 0.5) is 29.3 Å². The highest BCUT2D eigenvalue weighted by Crippen LogP contribution is 2.31. The van der Waals surface area contributed by atoms with E-state index in [0.29, 0.717) is 16.3 Å². The lowest BCUT2D eigenvalue weighted by atomic mass is 10.1. The number of benzene rings is 3. The van der Waals surface area contributed by atoms with E-state index in [-0.39, 0.29) is 24.7 Å². The Morgan fingerprint density at radius 3 is 2.26 bits per heavy atom. The van der Waals surface area contributed by atoms with Crippen molar-refractivity contribution < 1.29 is 22.8 Å². The van der Waals surface area contributed by atoms with Crippen LogP contribution in [0.1, 0.15) is 28.4 Å². The third-order valence-electron chi connectivity index (χ3n) is 5.07. The molecule has 0 atom stereocenters. The first-order valence-corrected chi connectivity index (χ1v) is 10.9. The summed E-state index contributed by atoms with van der Waals surface area (Å²) in [7, 11) is 0. The fourth-order valence-electron chi connectivity index (χ4n) is 3.20. The Hall–Kier alpha value is -3.52. The van der Waals surface area contributed by atoms with E-state index < -0.39 is 17.8 Å². The molecular formula is C25H23ClF3N3O2. The summed E-state index contributed by atoms with van der Waals surface area (Å²) in [6.07, 6.45) is -3.72. The fraction of sp³-hybridized carbons (Fsp3) is 0.200. The van der Waals surface area contributed by atoms with E-state index in [1.807, 2.05) is 19.1 Å². The summed E-state index contributed by atoms with van der Waals surface area (Å²) in [6.45, 7) is 1.98. The molecule has 178 valence electrons. The Balaban J connectivity index is 1.76. The topological polar surface area (TPSA) is 61.4 Å². The molecule has 0 aromatic heterocycles. The molecule has 3 rings (SSSR count). The highest BCUT2D eigenvalue weighted by Gasteiger charge is 2.31. The molecule has 2 N–H and O–H groups in total. The molecule has 3 amide bonds. The quantitative estimate of drug-likeness (QED) is 0.404. The summed E-state index contributed by atoms with van der Waals surface area (Å²) < 4.78 is 39.7. The second-order valence-corrected chi connectivity index (χ2v) is 7.88. The maximum absolute atomic E-state index is 13.2. The summed E-state index contributed by atoms with van der Waals surface area (Å²) in [5.74, 6) is -0.343. The predicted octanol–water partition coefficient (Wildman–Crippen LogP) is 6.39. The van der Waals surface area contributed by atoms with Crippen LogP contribution in [0.25, 0.3) is 0 Å². The number of urea groups is 1. The van der Waals surface area contributed by atoms with E-state index in [2.05, 4.69) is 10.6 Å². The molecule has 0 aliphatic heterocycles. The van der Waals surface area contributed by atoms with Gasteiger partial charge in [-0.1, -0.05) is 36.7 Å². The van der Waals surface area contributed by atoms with Gasteiger partial charge in [0.15, 0.2) is 0 Å². The molecule has 9 heteroatoms. The normalized spacial score (nSPS) is 11.1. The van der Waals surface area contributed by atoms with E-state index in [4.69, 9.17) is 11.6 Å². The van der Waals surface area contributed by atoms with Crippen molar-refractivity contribution in [2.24, 2.45) is 0 Å². The molecule has 0 radical (unpaired) electrons. The van der Waals surface area contributed by atoms with Crippen LogP contribution < -0.4 is 15.5 Å². The lowest BCUT2D eigenvalue weighted by Gasteiger charge is -2.24. The average molecular weight is 490 g/mol. The van der Waals surface area contributed by atoms with Crippen LogP contribution in [0.2, 0.25) is 5.02 Å². The molecular weight excluding hydrogens is 467 g/mol. The number of anilines is 2. The van der Waals surface area contributed by atoms with Gasteiger partial charge in [-0.2, -0.15) is 13.2 Å². The Kier molecular flexibility index (Phi) is 8.17. The lowest BCUT2D eigenvalue weighted by molar-refractivity contribution is -0.137. The third kappa shape index (κ3) is 6.74. The molecule has 0 saturated carbocycles. The fourth-order valence-corrected chi connectivity index (χ4v) is 3.32. The molecule has 34 heavy (non-hydrogen) atoms. The number of hydrogen-bond donors (Lipinski definition) is 2. The average Bonchev–Trinajstić information content (AvgIpc) is 2.82. The first kappa shape index (κ1) is 25.1. The number of amides is 3. The van der Waals surface area contributed by atoms with Gasteiger partial charge < -0.3 is 10.6 Å². The molecule has 0 fully saturated rings. The zero-order chi connectivity index (χ0) is 24.7. The molecule has 0 unspecified atom stereocenters. The van der Waals surface area contributed by atoms with Crippen molar-refractivity contribution in [3.05, 3.63) is 94.5 Å². The van der Waals surface area contributed by atoms with Gasteiger partial charge in [0.1, 0.15) is 0 Å². The maximum atomic E-state index is 13.2. The highest BCUT2D eigenvalue weighted by atomic mass is 35.5. The number of aryl methyl sites for hydroxylation is 1. The zero-order valence-electron chi connectivity index (χ0n) is 18.3. The van der Waals surface area contributed by atoms with Crippen LogP contribution >= 0.6 is 11.6 Å². The van der Waals surface area contributed by atoms with Crippen LogP contribution in [0.5, 0.6) is 0 Å². The number of rotatable bonds is 7. The minimum absolute atomic E-state index is 0.0264. The predicted molar refractivity (Wildman–Crippen MR) is 127 cm³/mol. The largest absolute Gasteiger partial charge is 0.416 e. The number of carbonyl (C=O) groups excluding carboxylic acids is 2. The van der Waals surface area contributed by atoms with Crippen LogP contribution in [0, 0.1) is 0 Å². The number of nitrogens with one attached hydrogen (secondary N) is 2. The van der Waals surface area contributed by atoms with E-state index in [1.165, 1.54) is 12.1 Å². The van der Waals surface area contributed by atoms with E-state index in [0.717, 1.165) is 29.0 Å². The third-order valence-corrected chi connectivity index (χ3v) is 5.32. The lowest BCUT2D eigenvalue weighted by Crippen LogP contribution is -2.41.